The van der Waals surface area contributed by atoms with Gasteiger partial charge in [-0.1, -0.05) is 0 Å². The van der Waals surface area contributed by atoms with Gasteiger partial charge in [0, 0.05) is 23.5 Å². The molecule has 3 fully saturated rings. The number of hydrogen-bond acceptors (Lipinski definition) is 1. The maximum atomic E-state index is 6.32. The summed E-state index contributed by atoms with van der Waals surface area (Å²) in [7, 11) is 0. The summed E-state index contributed by atoms with van der Waals surface area (Å²) in [6.45, 7) is 2.31. The highest BCUT2D eigenvalue weighted by Crippen LogP contribution is 2.72. The largest absolute Gasteiger partial charge is 0.345 e. The van der Waals surface area contributed by atoms with Crippen LogP contribution in [-0.2, 0) is 6.42 Å². The molecule has 0 spiro atoms. The van der Waals surface area contributed by atoms with Gasteiger partial charge in [0.1, 0.15) is 0 Å². The normalized spacial score (nSPS) is 46.2. The van der Waals surface area contributed by atoms with Crippen molar-refractivity contribution >= 4 is 0 Å². The molecule has 0 saturated heterocycles. The molecule has 0 amide bonds. The van der Waals surface area contributed by atoms with Gasteiger partial charge in [0.15, 0.2) is 0 Å². The number of fused-ring (bicyclic) bond motifs is 6. The van der Waals surface area contributed by atoms with Gasteiger partial charge < -0.3 is 10.3 Å². The molecule has 4 aliphatic rings. The Hall–Kier alpha value is -0.760. The lowest BCUT2D eigenvalue weighted by Crippen LogP contribution is -2.19. The summed E-state index contributed by atoms with van der Waals surface area (Å²) in [5, 5.41) is 0. The lowest BCUT2D eigenvalue weighted by atomic mass is 9.93. The highest BCUT2D eigenvalue weighted by Gasteiger charge is 2.66. The minimum atomic E-state index is 0.305. The summed E-state index contributed by atoms with van der Waals surface area (Å²) in [5.41, 5.74) is 10.9. The second-order valence-corrected chi connectivity index (χ2v) is 7.53. The Morgan fingerprint density at radius 1 is 1.16 bits per heavy atom. The van der Waals surface area contributed by atoms with Crippen LogP contribution in [0, 0.1) is 30.6 Å². The van der Waals surface area contributed by atoms with Crippen LogP contribution in [0.15, 0.2) is 6.07 Å². The van der Waals surface area contributed by atoms with Crippen molar-refractivity contribution in [2.24, 2.45) is 29.4 Å². The third kappa shape index (κ3) is 1.27. The van der Waals surface area contributed by atoms with Gasteiger partial charge in [-0.15, -0.1) is 0 Å². The van der Waals surface area contributed by atoms with Crippen LogP contribution in [0.2, 0.25) is 0 Å². The summed E-state index contributed by atoms with van der Waals surface area (Å²) in [6.07, 6.45) is 8.32. The van der Waals surface area contributed by atoms with E-state index < -0.39 is 0 Å². The summed E-state index contributed by atoms with van der Waals surface area (Å²) in [4.78, 5) is 0. The fourth-order valence-electron chi connectivity index (χ4n) is 6.00. The second kappa shape index (κ2) is 3.46. The molecule has 1 aromatic heterocycles. The topological polar surface area (TPSA) is 30.9 Å². The molecule has 5 rings (SSSR count). The van der Waals surface area contributed by atoms with Crippen LogP contribution in [0.1, 0.15) is 61.1 Å². The predicted octanol–water partition coefficient (Wildman–Crippen LogP) is 3.35. The Kier molecular flexibility index (Phi) is 2.00. The van der Waals surface area contributed by atoms with Gasteiger partial charge >= 0.3 is 0 Å². The second-order valence-electron chi connectivity index (χ2n) is 7.53. The van der Waals surface area contributed by atoms with E-state index in [0.717, 1.165) is 29.7 Å². The smallest absolute Gasteiger partial charge is 0.0404 e. The molecule has 2 nitrogen and oxygen atoms in total. The van der Waals surface area contributed by atoms with E-state index in [2.05, 4.69) is 17.6 Å². The van der Waals surface area contributed by atoms with Crippen molar-refractivity contribution in [2.75, 3.05) is 0 Å². The Labute approximate surface area is 115 Å². The van der Waals surface area contributed by atoms with Crippen molar-refractivity contribution < 1.29 is 0 Å². The molecule has 0 aliphatic heterocycles. The van der Waals surface area contributed by atoms with E-state index in [4.69, 9.17) is 5.73 Å². The summed E-state index contributed by atoms with van der Waals surface area (Å²) in [5.74, 6) is 4.20. The molecule has 19 heavy (non-hydrogen) atoms. The van der Waals surface area contributed by atoms with E-state index in [0.29, 0.717) is 6.04 Å². The number of hydrogen-bond donors (Lipinski definition) is 1. The highest BCUT2D eigenvalue weighted by molar-refractivity contribution is 5.35. The lowest BCUT2D eigenvalue weighted by Gasteiger charge is -2.22. The first-order valence-corrected chi connectivity index (χ1v) is 8.22. The van der Waals surface area contributed by atoms with Crippen molar-refractivity contribution in [3.05, 3.63) is 23.0 Å². The number of rotatable bonds is 1. The van der Waals surface area contributed by atoms with Crippen LogP contribution in [0.4, 0.5) is 0 Å². The van der Waals surface area contributed by atoms with Crippen LogP contribution in [0.25, 0.3) is 0 Å². The number of nitrogens with zero attached hydrogens (tertiary/aromatic N) is 1. The molecule has 5 unspecified atom stereocenters. The van der Waals surface area contributed by atoms with E-state index in [-0.39, 0.29) is 0 Å². The van der Waals surface area contributed by atoms with Crippen LogP contribution >= 0.6 is 0 Å². The molecule has 2 heteroatoms. The molecular weight excluding hydrogens is 232 g/mol. The van der Waals surface area contributed by atoms with Gasteiger partial charge in [-0.25, -0.2) is 0 Å². The molecule has 2 bridgehead atoms. The first-order chi connectivity index (χ1) is 9.25. The first kappa shape index (κ1) is 11.0. The fraction of sp³-hybridized carbons (Fsp3) is 0.765. The van der Waals surface area contributed by atoms with Crippen molar-refractivity contribution in [1.29, 1.82) is 0 Å². The fourth-order valence-corrected chi connectivity index (χ4v) is 6.00. The molecule has 1 aromatic rings. The standard InChI is InChI=1S/C17H24N2/c1-9-7-12-13(18)3-2-4-14(12)19(9)17-15-10-5-6-11(8-10)16(15)17/h7,10-11,13,15-17H,2-6,8,18H2,1H3. The highest BCUT2D eigenvalue weighted by atomic mass is 15.1. The molecule has 4 aliphatic carbocycles. The van der Waals surface area contributed by atoms with E-state index in [1.165, 1.54) is 43.4 Å². The Morgan fingerprint density at radius 2 is 1.89 bits per heavy atom. The average Bonchev–Trinajstić information content (AvgIpc) is 2.76. The summed E-state index contributed by atoms with van der Waals surface area (Å²) in [6, 6.07) is 3.56. The van der Waals surface area contributed by atoms with Gasteiger partial charge in [-0.05, 0) is 80.8 Å². The van der Waals surface area contributed by atoms with Crippen LogP contribution in [0.5, 0.6) is 0 Å². The molecule has 0 aromatic carbocycles. The lowest BCUT2D eigenvalue weighted by molar-refractivity contribution is 0.435. The molecule has 102 valence electrons. The summed E-state index contributed by atoms with van der Waals surface area (Å²) < 4.78 is 2.73. The van der Waals surface area contributed by atoms with E-state index >= 15 is 0 Å². The van der Waals surface area contributed by atoms with E-state index in [1.54, 1.807) is 12.1 Å². The Morgan fingerprint density at radius 3 is 2.63 bits per heavy atom. The van der Waals surface area contributed by atoms with Crippen molar-refractivity contribution in [2.45, 2.75) is 57.5 Å². The zero-order valence-corrected chi connectivity index (χ0v) is 11.8. The van der Waals surface area contributed by atoms with Crippen molar-refractivity contribution in [3.63, 3.8) is 0 Å². The average molecular weight is 256 g/mol. The number of aryl methyl sites for hydroxylation is 1. The van der Waals surface area contributed by atoms with Crippen LogP contribution in [-0.4, -0.2) is 4.57 Å². The minimum Gasteiger partial charge on any atom is -0.345 e. The quantitative estimate of drug-likeness (QED) is 0.820. The SMILES string of the molecule is Cc1cc2c(n1C1C3C4CCC(C4)C31)CCCC2N. The molecule has 1 heterocycles. The van der Waals surface area contributed by atoms with Crippen LogP contribution < -0.4 is 5.73 Å². The van der Waals surface area contributed by atoms with Crippen molar-refractivity contribution in [1.82, 2.24) is 4.57 Å². The van der Waals surface area contributed by atoms with Gasteiger partial charge in [0.25, 0.3) is 0 Å². The van der Waals surface area contributed by atoms with Crippen LogP contribution in [0.3, 0.4) is 0 Å². The zero-order chi connectivity index (χ0) is 12.7. The van der Waals surface area contributed by atoms with E-state index in [1.807, 2.05) is 0 Å². The molecular formula is C17H24N2. The van der Waals surface area contributed by atoms with E-state index in [9.17, 15) is 0 Å². The minimum absolute atomic E-state index is 0.305. The maximum Gasteiger partial charge on any atom is 0.0404 e. The molecule has 0 radical (unpaired) electrons. The van der Waals surface area contributed by atoms with Crippen molar-refractivity contribution in [3.8, 4) is 0 Å². The molecule has 3 saturated carbocycles. The number of nitrogens with two attached hydrogens (primary N) is 1. The van der Waals surface area contributed by atoms with Gasteiger partial charge in [0.2, 0.25) is 0 Å². The Balaban J connectivity index is 1.57. The monoisotopic (exact) mass is 256 g/mol. The van der Waals surface area contributed by atoms with Gasteiger partial charge in [-0.2, -0.15) is 0 Å². The first-order valence-electron chi connectivity index (χ1n) is 8.22. The molecule has 5 atom stereocenters. The zero-order valence-electron chi connectivity index (χ0n) is 11.8. The predicted molar refractivity (Wildman–Crippen MR) is 75.9 cm³/mol. The summed E-state index contributed by atoms with van der Waals surface area (Å²) >= 11 is 0. The van der Waals surface area contributed by atoms with Gasteiger partial charge in [0.05, 0.1) is 0 Å². The molecule has 2 N–H and O–H groups in total. The number of aromatic nitrogens is 1. The maximum absolute atomic E-state index is 6.32. The van der Waals surface area contributed by atoms with Gasteiger partial charge in [-0.3, -0.25) is 0 Å². The third-order valence-electron chi connectivity index (χ3n) is 6.69. The third-order valence-corrected chi connectivity index (χ3v) is 6.69. The Bertz CT molecular complexity index is 528.